The number of hydrogen-bond donors (Lipinski definition) is 0. The van der Waals surface area contributed by atoms with Gasteiger partial charge >= 0.3 is 0 Å². The van der Waals surface area contributed by atoms with Gasteiger partial charge in [-0.1, -0.05) is 54.1 Å². The van der Waals surface area contributed by atoms with E-state index in [0.29, 0.717) is 0 Å². The van der Waals surface area contributed by atoms with E-state index in [2.05, 4.69) is 20.0 Å². The Morgan fingerprint density at radius 1 is 0.857 bits per heavy atom. The van der Waals surface area contributed by atoms with Crippen LogP contribution in [0.5, 0.6) is 0 Å². The first-order chi connectivity index (χ1) is 10.3. The Kier molecular flexibility index (Phi) is 2.98. The van der Waals surface area contributed by atoms with Gasteiger partial charge in [-0.05, 0) is 17.7 Å². The fourth-order valence-corrected chi connectivity index (χ4v) is 3.28. The molecule has 3 nitrogen and oxygen atoms in total. The minimum absolute atomic E-state index is 0.734. The SMILES string of the molecule is Clc1ccc(-c2csc3nnc(-c4ccccc4)n23)cc1. The van der Waals surface area contributed by atoms with Gasteiger partial charge in [0.1, 0.15) is 0 Å². The van der Waals surface area contributed by atoms with Crippen molar-refractivity contribution in [1.29, 1.82) is 0 Å². The van der Waals surface area contributed by atoms with Gasteiger partial charge in [-0.3, -0.25) is 4.40 Å². The molecule has 0 N–H and O–H groups in total. The molecule has 0 radical (unpaired) electrons. The van der Waals surface area contributed by atoms with E-state index in [9.17, 15) is 0 Å². The summed E-state index contributed by atoms with van der Waals surface area (Å²) in [4.78, 5) is 0.888. The van der Waals surface area contributed by atoms with E-state index < -0.39 is 0 Å². The average Bonchev–Trinajstić information content (AvgIpc) is 3.11. The molecule has 102 valence electrons. The highest BCUT2D eigenvalue weighted by Gasteiger charge is 2.14. The molecule has 4 rings (SSSR count). The second-order valence-electron chi connectivity index (χ2n) is 4.64. The van der Waals surface area contributed by atoms with Crippen LogP contribution in [0.3, 0.4) is 0 Å². The Balaban J connectivity index is 1.95. The van der Waals surface area contributed by atoms with E-state index >= 15 is 0 Å². The minimum atomic E-state index is 0.734. The van der Waals surface area contributed by atoms with Crippen LogP contribution in [0.4, 0.5) is 0 Å². The molecule has 0 aliphatic carbocycles. The Morgan fingerprint density at radius 3 is 2.38 bits per heavy atom. The third kappa shape index (κ3) is 2.13. The highest BCUT2D eigenvalue weighted by Crippen LogP contribution is 2.30. The number of halogens is 1. The van der Waals surface area contributed by atoms with Crippen LogP contribution in [0, 0.1) is 0 Å². The molecule has 0 saturated heterocycles. The van der Waals surface area contributed by atoms with Crippen LogP contribution in [0.15, 0.2) is 60.0 Å². The van der Waals surface area contributed by atoms with Gasteiger partial charge < -0.3 is 0 Å². The maximum Gasteiger partial charge on any atom is 0.216 e. The molecule has 0 bridgehead atoms. The van der Waals surface area contributed by atoms with E-state index in [1.165, 1.54) is 0 Å². The van der Waals surface area contributed by atoms with Crippen molar-refractivity contribution in [1.82, 2.24) is 14.6 Å². The highest BCUT2D eigenvalue weighted by molar-refractivity contribution is 7.15. The summed E-state index contributed by atoms with van der Waals surface area (Å²) >= 11 is 7.55. The first kappa shape index (κ1) is 12.6. The van der Waals surface area contributed by atoms with E-state index in [0.717, 1.165) is 32.6 Å². The summed E-state index contributed by atoms with van der Waals surface area (Å²) < 4.78 is 2.09. The number of benzene rings is 2. The van der Waals surface area contributed by atoms with Gasteiger partial charge in [-0.15, -0.1) is 21.5 Å². The quantitative estimate of drug-likeness (QED) is 0.533. The predicted molar refractivity (Wildman–Crippen MR) is 86.7 cm³/mol. The molecular weight excluding hydrogens is 302 g/mol. The van der Waals surface area contributed by atoms with Crippen molar-refractivity contribution in [2.75, 3.05) is 0 Å². The van der Waals surface area contributed by atoms with Crippen LogP contribution >= 0.6 is 22.9 Å². The molecule has 5 heteroatoms. The molecule has 21 heavy (non-hydrogen) atoms. The zero-order chi connectivity index (χ0) is 14.2. The highest BCUT2D eigenvalue weighted by atomic mass is 35.5. The van der Waals surface area contributed by atoms with Crippen molar-refractivity contribution >= 4 is 27.9 Å². The molecule has 0 aliphatic heterocycles. The lowest BCUT2D eigenvalue weighted by atomic mass is 10.1. The third-order valence-corrected chi connectivity index (χ3v) is 4.39. The van der Waals surface area contributed by atoms with Crippen LogP contribution in [-0.2, 0) is 0 Å². The Bertz CT molecular complexity index is 894. The Morgan fingerprint density at radius 2 is 1.62 bits per heavy atom. The van der Waals surface area contributed by atoms with Gasteiger partial charge in [0.15, 0.2) is 5.82 Å². The fourth-order valence-electron chi connectivity index (χ4n) is 2.32. The van der Waals surface area contributed by atoms with E-state index in [1.807, 2.05) is 54.6 Å². The molecule has 0 unspecified atom stereocenters. The minimum Gasteiger partial charge on any atom is -0.265 e. The molecule has 0 aliphatic rings. The molecule has 0 fully saturated rings. The normalized spacial score (nSPS) is 11.1. The number of hydrogen-bond acceptors (Lipinski definition) is 3. The molecular formula is C16H10ClN3S. The van der Waals surface area contributed by atoms with Gasteiger partial charge in [0.05, 0.1) is 5.69 Å². The number of thiazole rings is 1. The molecule has 0 saturated carbocycles. The van der Waals surface area contributed by atoms with Crippen LogP contribution in [0.25, 0.3) is 27.6 Å². The first-order valence-corrected chi connectivity index (χ1v) is 7.73. The van der Waals surface area contributed by atoms with Crippen molar-refractivity contribution in [2.24, 2.45) is 0 Å². The van der Waals surface area contributed by atoms with E-state index in [4.69, 9.17) is 11.6 Å². The molecule has 2 heterocycles. The predicted octanol–water partition coefficient (Wildman–Crippen LogP) is 4.78. The largest absolute Gasteiger partial charge is 0.265 e. The summed E-state index contributed by atoms with van der Waals surface area (Å²) in [5.41, 5.74) is 3.23. The standard InChI is InChI=1S/C16H10ClN3S/c17-13-8-6-11(7-9-13)14-10-21-16-19-18-15(20(14)16)12-4-2-1-3-5-12/h1-10H. The molecule has 2 aromatic heterocycles. The lowest BCUT2D eigenvalue weighted by Crippen LogP contribution is -1.90. The first-order valence-electron chi connectivity index (χ1n) is 6.47. The summed E-state index contributed by atoms with van der Waals surface area (Å²) in [5.74, 6) is 0.858. The van der Waals surface area contributed by atoms with Gasteiger partial charge in [-0.2, -0.15) is 0 Å². The fraction of sp³-hybridized carbons (Fsp3) is 0. The van der Waals surface area contributed by atoms with Crippen molar-refractivity contribution in [3.63, 3.8) is 0 Å². The maximum absolute atomic E-state index is 5.97. The van der Waals surface area contributed by atoms with Gasteiger partial charge in [0.25, 0.3) is 0 Å². The van der Waals surface area contributed by atoms with E-state index in [-0.39, 0.29) is 0 Å². The summed E-state index contributed by atoms with van der Waals surface area (Å²) in [6.45, 7) is 0. The topological polar surface area (TPSA) is 30.2 Å². The van der Waals surface area contributed by atoms with Crippen molar-refractivity contribution < 1.29 is 0 Å². The molecule has 0 amide bonds. The summed E-state index contributed by atoms with van der Waals surface area (Å²) in [6, 6.07) is 17.9. The van der Waals surface area contributed by atoms with Crippen LogP contribution in [-0.4, -0.2) is 14.6 Å². The zero-order valence-electron chi connectivity index (χ0n) is 10.9. The lowest BCUT2D eigenvalue weighted by molar-refractivity contribution is 1.11. The number of aromatic nitrogens is 3. The maximum atomic E-state index is 5.97. The van der Waals surface area contributed by atoms with Crippen LogP contribution in [0.1, 0.15) is 0 Å². The molecule has 0 spiro atoms. The van der Waals surface area contributed by atoms with Crippen LogP contribution in [0.2, 0.25) is 5.02 Å². The zero-order valence-corrected chi connectivity index (χ0v) is 12.5. The number of fused-ring (bicyclic) bond motifs is 1. The van der Waals surface area contributed by atoms with Gasteiger partial charge in [-0.25, -0.2) is 0 Å². The number of nitrogens with zero attached hydrogens (tertiary/aromatic N) is 3. The second-order valence-corrected chi connectivity index (χ2v) is 5.91. The molecule has 4 aromatic rings. The number of rotatable bonds is 2. The second kappa shape index (κ2) is 4.98. The smallest absolute Gasteiger partial charge is 0.216 e. The molecule has 2 aromatic carbocycles. The van der Waals surface area contributed by atoms with Crippen molar-refractivity contribution in [3.05, 3.63) is 65.0 Å². The average molecular weight is 312 g/mol. The Labute approximate surface area is 130 Å². The Hall–Kier alpha value is -2.17. The lowest BCUT2D eigenvalue weighted by Gasteiger charge is -2.03. The monoisotopic (exact) mass is 311 g/mol. The van der Waals surface area contributed by atoms with E-state index in [1.54, 1.807) is 11.3 Å². The summed E-state index contributed by atoms with van der Waals surface area (Å²) in [6.07, 6.45) is 0. The van der Waals surface area contributed by atoms with Crippen LogP contribution < -0.4 is 0 Å². The molecule has 0 atom stereocenters. The van der Waals surface area contributed by atoms with Crippen molar-refractivity contribution in [2.45, 2.75) is 0 Å². The van der Waals surface area contributed by atoms with Gasteiger partial charge in [0.2, 0.25) is 4.96 Å². The third-order valence-electron chi connectivity index (χ3n) is 3.32. The van der Waals surface area contributed by atoms with Crippen molar-refractivity contribution in [3.8, 4) is 22.6 Å². The summed E-state index contributed by atoms with van der Waals surface area (Å²) in [5, 5.41) is 11.4. The summed E-state index contributed by atoms with van der Waals surface area (Å²) in [7, 11) is 0. The van der Waals surface area contributed by atoms with Gasteiger partial charge in [0, 0.05) is 16.0 Å².